The number of carbonyl (C=O) groups excluding carboxylic acids is 3. The normalized spacial score (nSPS) is 26.7. The van der Waals surface area contributed by atoms with E-state index in [1.807, 2.05) is 25.1 Å². The van der Waals surface area contributed by atoms with Crippen LogP contribution in [0, 0.1) is 7.43 Å². The molecule has 1 heterocycles. The molecule has 8 heteroatoms. The first kappa shape index (κ1) is 35.4. The van der Waals surface area contributed by atoms with Crippen molar-refractivity contribution in [1.82, 2.24) is 0 Å². The first-order valence-electron chi connectivity index (χ1n) is 14.5. The molecule has 1 aliphatic heterocycles. The molecule has 0 bridgehead atoms. The molecule has 2 spiro atoms. The van der Waals surface area contributed by atoms with Crippen LogP contribution in [-0.4, -0.2) is 41.3 Å². The molecule has 222 valence electrons. The number of benzene rings is 2. The summed E-state index contributed by atoms with van der Waals surface area (Å²) in [4.78, 5) is 36.1. The summed E-state index contributed by atoms with van der Waals surface area (Å²) in [6.45, 7) is 3.88. The topological polar surface area (TPSA) is 80.7 Å². The largest absolute Gasteiger partial charge is 1.00 e. The van der Waals surface area contributed by atoms with Crippen molar-refractivity contribution in [3.8, 4) is 0 Å². The SMILES string of the molecule is C1CCOC1.CC1(O)CCC2(CC1)C(=O)Cc1cc(Br)ccc12.O=C1CCC2(CC1)C(=O)Cc1cc(Br)ccc12.[CH3-].[Li+]. The Morgan fingerprint density at radius 2 is 1.14 bits per heavy atom. The molecule has 0 radical (unpaired) electrons. The van der Waals surface area contributed by atoms with Crippen LogP contribution in [0.15, 0.2) is 45.3 Å². The molecule has 1 N–H and O–H groups in total. The predicted molar refractivity (Wildman–Crippen MR) is 168 cm³/mol. The molecule has 3 fully saturated rings. The maximum Gasteiger partial charge on any atom is 1.00 e. The van der Waals surface area contributed by atoms with Crippen LogP contribution in [0.3, 0.4) is 0 Å². The Bertz CT molecular complexity index is 1290. The number of carbonyl (C=O) groups is 3. The Morgan fingerprint density at radius 1 is 0.714 bits per heavy atom. The molecular weight excluding hydrogens is 655 g/mol. The molecule has 0 amide bonds. The van der Waals surface area contributed by atoms with Crippen molar-refractivity contribution in [2.24, 2.45) is 0 Å². The van der Waals surface area contributed by atoms with Gasteiger partial charge >= 0.3 is 18.9 Å². The third kappa shape index (κ3) is 7.24. The predicted octanol–water partition coefficient (Wildman–Crippen LogP) is 4.34. The van der Waals surface area contributed by atoms with E-state index in [0.29, 0.717) is 68.7 Å². The van der Waals surface area contributed by atoms with Gasteiger partial charge in [-0.2, -0.15) is 0 Å². The Balaban J connectivity index is 0.000000190. The summed E-state index contributed by atoms with van der Waals surface area (Å²) in [5, 5.41) is 10.1. The second-order valence-corrected chi connectivity index (χ2v) is 14.2. The Hall–Kier alpha value is -1.07. The molecule has 2 aromatic carbocycles. The summed E-state index contributed by atoms with van der Waals surface area (Å²) in [5.41, 5.74) is 3.42. The van der Waals surface area contributed by atoms with Gasteiger partial charge in [-0.1, -0.05) is 44.0 Å². The van der Waals surface area contributed by atoms with Crippen molar-refractivity contribution < 1.29 is 43.1 Å². The fourth-order valence-corrected chi connectivity index (χ4v) is 7.93. The number of ketones is 3. The van der Waals surface area contributed by atoms with Gasteiger partial charge in [0.25, 0.3) is 0 Å². The Labute approximate surface area is 279 Å². The molecule has 4 aliphatic carbocycles. The van der Waals surface area contributed by atoms with Crippen molar-refractivity contribution in [3.63, 3.8) is 0 Å². The van der Waals surface area contributed by atoms with Gasteiger partial charge in [0.05, 0.1) is 16.4 Å². The molecule has 7 rings (SSSR count). The Morgan fingerprint density at radius 3 is 1.55 bits per heavy atom. The minimum atomic E-state index is -0.594. The number of Topliss-reactive ketones (excluding diaryl/α,β-unsaturated/α-hetero) is 3. The summed E-state index contributed by atoms with van der Waals surface area (Å²) >= 11 is 6.91. The number of ether oxygens (including phenoxy) is 1. The summed E-state index contributed by atoms with van der Waals surface area (Å²) in [6.07, 6.45) is 9.17. The number of hydrogen-bond acceptors (Lipinski definition) is 5. The molecule has 0 atom stereocenters. The number of halogens is 2. The zero-order chi connectivity index (χ0) is 28.5. The number of hydrogen-bond donors (Lipinski definition) is 1. The summed E-state index contributed by atoms with van der Waals surface area (Å²) < 4.78 is 7.00. The number of fused-ring (bicyclic) bond motifs is 4. The smallest absolute Gasteiger partial charge is 0.390 e. The first-order valence-corrected chi connectivity index (χ1v) is 16.1. The van der Waals surface area contributed by atoms with E-state index in [4.69, 9.17) is 4.74 Å². The second-order valence-electron chi connectivity index (χ2n) is 12.3. The van der Waals surface area contributed by atoms with Crippen molar-refractivity contribution in [1.29, 1.82) is 0 Å². The first-order chi connectivity index (χ1) is 19.0. The molecule has 2 saturated carbocycles. The van der Waals surface area contributed by atoms with Crippen LogP contribution in [0.25, 0.3) is 0 Å². The van der Waals surface area contributed by atoms with Gasteiger partial charge in [-0.05, 0) is 105 Å². The van der Waals surface area contributed by atoms with Crippen LogP contribution in [-0.2, 0) is 42.8 Å². The van der Waals surface area contributed by atoms with Crippen LogP contribution >= 0.6 is 31.9 Å². The van der Waals surface area contributed by atoms with Gasteiger partial charge in [0.15, 0.2) is 0 Å². The van der Waals surface area contributed by atoms with Crippen molar-refractivity contribution >= 4 is 49.2 Å². The van der Waals surface area contributed by atoms with E-state index in [1.165, 1.54) is 24.0 Å². The van der Waals surface area contributed by atoms with E-state index < -0.39 is 5.60 Å². The third-order valence-corrected chi connectivity index (χ3v) is 10.6. The summed E-state index contributed by atoms with van der Waals surface area (Å²) in [7, 11) is 0. The molecule has 1 saturated heterocycles. The van der Waals surface area contributed by atoms with Crippen molar-refractivity contribution in [2.75, 3.05) is 13.2 Å². The fraction of sp³-hybridized carbons (Fsp3) is 0.529. The van der Waals surface area contributed by atoms with Crippen molar-refractivity contribution in [3.05, 3.63) is 75.0 Å². The van der Waals surface area contributed by atoms with Gasteiger partial charge in [0, 0.05) is 47.8 Å². The molecule has 0 unspecified atom stereocenters. The average molecular weight is 696 g/mol. The maximum absolute atomic E-state index is 12.4. The van der Waals surface area contributed by atoms with Crippen LogP contribution in [0.1, 0.15) is 93.4 Å². The molecule has 0 aromatic heterocycles. The molecule has 2 aromatic rings. The van der Waals surface area contributed by atoms with Crippen LogP contribution in [0.2, 0.25) is 0 Å². The van der Waals surface area contributed by atoms with Crippen LogP contribution in [0.4, 0.5) is 0 Å². The van der Waals surface area contributed by atoms with E-state index in [0.717, 1.165) is 46.1 Å². The summed E-state index contributed by atoms with van der Waals surface area (Å²) in [6, 6.07) is 12.3. The zero-order valence-electron chi connectivity index (χ0n) is 25.2. The van der Waals surface area contributed by atoms with Gasteiger partial charge in [-0.25, -0.2) is 0 Å². The second kappa shape index (κ2) is 14.4. The Kier molecular flexibility index (Phi) is 12.1. The molecular formula is C34H41Br2LiO5. The molecule has 42 heavy (non-hydrogen) atoms. The van der Waals surface area contributed by atoms with Gasteiger partial charge in [-0.15, -0.1) is 0 Å². The summed E-state index contributed by atoms with van der Waals surface area (Å²) in [5.74, 6) is 0.943. The number of rotatable bonds is 0. The van der Waals surface area contributed by atoms with Gasteiger partial charge in [0.1, 0.15) is 17.3 Å². The zero-order valence-corrected chi connectivity index (χ0v) is 28.4. The van der Waals surface area contributed by atoms with Crippen LogP contribution in [0.5, 0.6) is 0 Å². The van der Waals surface area contributed by atoms with Gasteiger partial charge in [0.2, 0.25) is 0 Å². The monoisotopic (exact) mass is 694 g/mol. The molecule has 5 aliphatic rings. The minimum Gasteiger partial charge on any atom is -0.390 e. The van der Waals surface area contributed by atoms with Crippen molar-refractivity contribution in [2.45, 2.75) is 100 Å². The van der Waals surface area contributed by atoms with E-state index in [9.17, 15) is 19.5 Å². The van der Waals surface area contributed by atoms with E-state index >= 15 is 0 Å². The standard InChI is InChI=1S/C15H17BrO2.C14H13BrO2.C4H8O.CH3.Li/c1-14(18)4-6-15(7-5-14)12-3-2-11(16)8-10(12)9-13(15)17;15-10-1-2-12-9(7-10)8-13(17)14(12)5-3-11(16)4-6-14;1-2-4-5-3-1;;/h2-3,8,18H,4-7,9H2,1H3;1-2,7H,3-6,8H2;1-4H2;1H3;/q;;;-1;+1. The number of aliphatic hydroxyl groups is 1. The van der Waals surface area contributed by atoms with Gasteiger partial charge in [-0.3, -0.25) is 14.4 Å². The third-order valence-electron chi connectivity index (χ3n) is 9.60. The average Bonchev–Trinajstić information content (AvgIpc) is 3.63. The molecule has 5 nitrogen and oxygen atoms in total. The minimum absolute atomic E-state index is 0. The van der Waals surface area contributed by atoms with E-state index in [-0.39, 0.29) is 37.1 Å². The fourth-order valence-electron chi connectivity index (χ4n) is 7.11. The van der Waals surface area contributed by atoms with Gasteiger partial charge < -0.3 is 17.3 Å². The van der Waals surface area contributed by atoms with Crippen LogP contribution < -0.4 is 18.9 Å². The van der Waals surface area contributed by atoms with E-state index in [2.05, 4.69) is 50.1 Å². The van der Waals surface area contributed by atoms with E-state index in [1.54, 1.807) is 0 Å². The maximum atomic E-state index is 12.4. The quantitative estimate of drug-likeness (QED) is 0.328.